The van der Waals surface area contributed by atoms with Crippen molar-refractivity contribution in [3.8, 4) is 11.1 Å². The average molecular weight is 263 g/mol. The number of oxazole rings is 1. The minimum Gasteiger partial charge on any atom is -0.442 e. The van der Waals surface area contributed by atoms with E-state index < -0.39 is 5.60 Å². The summed E-state index contributed by atoms with van der Waals surface area (Å²) in [5.74, 6) is 1.02. The molecule has 1 aliphatic carbocycles. The van der Waals surface area contributed by atoms with Crippen LogP contribution in [0.15, 0.2) is 59.1 Å². The number of hydrogen-bond donors (Lipinski definition) is 1. The van der Waals surface area contributed by atoms with E-state index in [4.69, 9.17) is 4.42 Å². The van der Waals surface area contributed by atoms with E-state index in [9.17, 15) is 5.11 Å². The molecule has 3 aromatic rings. The number of nitrogens with zero attached hydrogens (tertiary/aromatic N) is 1. The minimum absolute atomic E-state index is 0.326. The predicted molar refractivity (Wildman–Crippen MR) is 75.2 cm³/mol. The molecule has 0 radical (unpaired) electrons. The van der Waals surface area contributed by atoms with Gasteiger partial charge in [-0.15, -0.1) is 0 Å². The van der Waals surface area contributed by atoms with E-state index in [2.05, 4.69) is 4.98 Å². The number of fused-ring (bicyclic) bond motifs is 3. The van der Waals surface area contributed by atoms with Gasteiger partial charge in [0.2, 0.25) is 5.89 Å². The molecule has 0 fully saturated rings. The molecular formula is C17H13NO2. The Balaban J connectivity index is 2.09. The zero-order chi connectivity index (χ0) is 13.7. The molecule has 1 aliphatic rings. The van der Waals surface area contributed by atoms with Gasteiger partial charge in [-0.3, -0.25) is 0 Å². The molecule has 98 valence electrons. The molecule has 20 heavy (non-hydrogen) atoms. The number of aliphatic hydroxyl groups is 1. The third kappa shape index (κ3) is 1.30. The summed E-state index contributed by atoms with van der Waals surface area (Å²) in [5, 5.41) is 11.3. The Morgan fingerprint density at radius 3 is 2.00 bits per heavy atom. The maximum Gasteiger partial charge on any atom is 0.236 e. The third-order valence-electron chi connectivity index (χ3n) is 3.85. The molecule has 0 aliphatic heterocycles. The van der Waals surface area contributed by atoms with Crippen LogP contribution in [0.5, 0.6) is 0 Å². The molecule has 1 heterocycles. The summed E-state index contributed by atoms with van der Waals surface area (Å²) in [6, 6.07) is 15.7. The zero-order valence-electron chi connectivity index (χ0n) is 11.0. The van der Waals surface area contributed by atoms with Crippen molar-refractivity contribution in [1.82, 2.24) is 4.98 Å². The fraction of sp³-hybridized carbons (Fsp3) is 0.118. The number of aryl methyl sites for hydroxylation is 1. The van der Waals surface area contributed by atoms with E-state index in [1.54, 1.807) is 6.20 Å². The standard InChI is InChI=1S/C17H13NO2/c1-11-10-18-16(20-11)17(19)14-8-4-2-6-12(14)13-7-3-5-9-15(13)17/h2-10,19H,1H3. The van der Waals surface area contributed by atoms with Crippen LogP contribution in [0.3, 0.4) is 0 Å². The highest BCUT2D eigenvalue weighted by atomic mass is 16.4. The summed E-state index contributed by atoms with van der Waals surface area (Å²) in [6.07, 6.45) is 1.64. The number of rotatable bonds is 1. The number of benzene rings is 2. The second kappa shape index (κ2) is 3.81. The number of aromatic nitrogens is 1. The van der Waals surface area contributed by atoms with Gasteiger partial charge in [-0.2, -0.15) is 0 Å². The first-order valence-corrected chi connectivity index (χ1v) is 6.56. The lowest BCUT2D eigenvalue weighted by atomic mass is 9.91. The molecule has 1 N–H and O–H groups in total. The van der Waals surface area contributed by atoms with Crippen molar-refractivity contribution in [1.29, 1.82) is 0 Å². The average Bonchev–Trinajstić information content (AvgIpc) is 3.03. The largest absolute Gasteiger partial charge is 0.442 e. The topological polar surface area (TPSA) is 46.3 Å². The van der Waals surface area contributed by atoms with E-state index in [-0.39, 0.29) is 0 Å². The van der Waals surface area contributed by atoms with Crippen LogP contribution in [0.4, 0.5) is 0 Å². The van der Waals surface area contributed by atoms with Crippen molar-refractivity contribution in [2.45, 2.75) is 12.5 Å². The minimum atomic E-state index is -1.30. The Kier molecular flexibility index (Phi) is 2.18. The smallest absolute Gasteiger partial charge is 0.236 e. The molecule has 3 heteroatoms. The molecular weight excluding hydrogens is 250 g/mol. The summed E-state index contributed by atoms with van der Waals surface area (Å²) < 4.78 is 5.62. The number of hydrogen-bond acceptors (Lipinski definition) is 3. The normalized spacial score (nSPS) is 14.9. The molecule has 0 saturated carbocycles. The fourth-order valence-corrected chi connectivity index (χ4v) is 2.96. The van der Waals surface area contributed by atoms with Gasteiger partial charge in [-0.25, -0.2) is 4.98 Å². The summed E-state index contributed by atoms with van der Waals surface area (Å²) in [7, 11) is 0. The van der Waals surface area contributed by atoms with Crippen LogP contribution in [-0.2, 0) is 5.60 Å². The van der Waals surface area contributed by atoms with Gasteiger partial charge in [0.1, 0.15) is 5.76 Å². The van der Waals surface area contributed by atoms with Crippen LogP contribution in [0.1, 0.15) is 22.8 Å². The SMILES string of the molecule is Cc1cnc(C2(O)c3ccccc3-c3ccccc32)o1. The monoisotopic (exact) mass is 263 g/mol. The van der Waals surface area contributed by atoms with Gasteiger partial charge in [0.15, 0.2) is 5.60 Å². The van der Waals surface area contributed by atoms with E-state index in [0.29, 0.717) is 11.7 Å². The molecule has 1 aromatic heterocycles. The van der Waals surface area contributed by atoms with Crippen LogP contribution in [-0.4, -0.2) is 10.1 Å². The maximum atomic E-state index is 11.3. The van der Waals surface area contributed by atoms with Gasteiger partial charge < -0.3 is 9.52 Å². The predicted octanol–water partition coefficient (Wildman–Crippen LogP) is 3.25. The fourth-order valence-electron chi connectivity index (χ4n) is 2.96. The highest BCUT2D eigenvalue weighted by molar-refractivity contribution is 5.81. The van der Waals surface area contributed by atoms with E-state index >= 15 is 0 Å². The van der Waals surface area contributed by atoms with E-state index in [1.807, 2.05) is 55.5 Å². The molecule has 0 atom stereocenters. The van der Waals surface area contributed by atoms with Crippen molar-refractivity contribution in [2.75, 3.05) is 0 Å². The molecule has 0 spiro atoms. The van der Waals surface area contributed by atoms with Crippen molar-refractivity contribution in [3.63, 3.8) is 0 Å². The van der Waals surface area contributed by atoms with E-state index in [0.717, 1.165) is 22.3 Å². The van der Waals surface area contributed by atoms with Crippen molar-refractivity contribution in [3.05, 3.63) is 77.5 Å². The second-order valence-corrected chi connectivity index (χ2v) is 5.08. The summed E-state index contributed by atoms with van der Waals surface area (Å²) in [5.41, 5.74) is 2.40. The van der Waals surface area contributed by atoms with Gasteiger partial charge in [0, 0.05) is 11.1 Å². The Bertz CT molecular complexity index is 759. The van der Waals surface area contributed by atoms with Crippen LogP contribution >= 0.6 is 0 Å². The maximum absolute atomic E-state index is 11.3. The van der Waals surface area contributed by atoms with Crippen LogP contribution in [0, 0.1) is 6.92 Å². The highest BCUT2D eigenvalue weighted by Crippen LogP contribution is 2.50. The lowest BCUT2D eigenvalue weighted by molar-refractivity contribution is 0.0964. The first kappa shape index (κ1) is 11.4. The lowest BCUT2D eigenvalue weighted by Gasteiger charge is -2.21. The molecule has 3 nitrogen and oxygen atoms in total. The van der Waals surface area contributed by atoms with Crippen LogP contribution < -0.4 is 0 Å². The van der Waals surface area contributed by atoms with Gasteiger partial charge in [0.05, 0.1) is 6.20 Å². The van der Waals surface area contributed by atoms with Gasteiger partial charge in [0.25, 0.3) is 0 Å². The van der Waals surface area contributed by atoms with Gasteiger partial charge >= 0.3 is 0 Å². The molecule has 0 unspecified atom stereocenters. The zero-order valence-corrected chi connectivity index (χ0v) is 11.0. The highest BCUT2D eigenvalue weighted by Gasteiger charge is 2.46. The van der Waals surface area contributed by atoms with Crippen LogP contribution in [0.2, 0.25) is 0 Å². The second-order valence-electron chi connectivity index (χ2n) is 5.08. The third-order valence-corrected chi connectivity index (χ3v) is 3.85. The Hall–Kier alpha value is -2.39. The Morgan fingerprint density at radius 2 is 1.50 bits per heavy atom. The first-order valence-electron chi connectivity index (χ1n) is 6.56. The van der Waals surface area contributed by atoms with E-state index in [1.165, 1.54) is 0 Å². The summed E-state index contributed by atoms with van der Waals surface area (Å²) in [6.45, 7) is 1.83. The van der Waals surface area contributed by atoms with Crippen molar-refractivity contribution >= 4 is 0 Å². The first-order chi connectivity index (χ1) is 9.71. The summed E-state index contributed by atoms with van der Waals surface area (Å²) in [4.78, 5) is 4.25. The van der Waals surface area contributed by atoms with Crippen molar-refractivity contribution in [2.24, 2.45) is 0 Å². The molecule has 2 aromatic carbocycles. The quantitative estimate of drug-likeness (QED) is 0.733. The molecule has 0 amide bonds. The Morgan fingerprint density at radius 1 is 0.950 bits per heavy atom. The summed E-state index contributed by atoms with van der Waals surface area (Å²) >= 11 is 0. The molecule has 4 rings (SSSR count). The van der Waals surface area contributed by atoms with Gasteiger partial charge in [-0.1, -0.05) is 48.5 Å². The molecule has 0 bridgehead atoms. The molecule has 0 saturated heterocycles. The van der Waals surface area contributed by atoms with Crippen molar-refractivity contribution < 1.29 is 9.52 Å². The Labute approximate surface area is 116 Å². The lowest BCUT2D eigenvalue weighted by Crippen LogP contribution is -2.26. The van der Waals surface area contributed by atoms with Crippen LogP contribution in [0.25, 0.3) is 11.1 Å². The van der Waals surface area contributed by atoms with Gasteiger partial charge in [-0.05, 0) is 18.1 Å².